The minimum atomic E-state index is -1.16. The van der Waals surface area contributed by atoms with Crippen molar-refractivity contribution in [3.05, 3.63) is 61.6 Å². The molecule has 3 N–H and O–H groups in total. The molecule has 170 valence electrons. The summed E-state index contributed by atoms with van der Waals surface area (Å²) in [6, 6.07) is 5.01. The Kier molecular flexibility index (Phi) is 5.74. The fourth-order valence-electron chi connectivity index (χ4n) is 4.82. The van der Waals surface area contributed by atoms with Gasteiger partial charge in [-0.2, -0.15) is 4.57 Å². The van der Waals surface area contributed by atoms with E-state index < -0.39 is 35.5 Å². The van der Waals surface area contributed by atoms with Crippen molar-refractivity contribution in [1.82, 2.24) is 19.1 Å². The van der Waals surface area contributed by atoms with Crippen LogP contribution >= 0.6 is 0 Å². The summed E-state index contributed by atoms with van der Waals surface area (Å²) >= 11 is 0. The van der Waals surface area contributed by atoms with Crippen LogP contribution in [-0.4, -0.2) is 46.6 Å². The van der Waals surface area contributed by atoms with E-state index in [9.17, 15) is 24.9 Å². The second kappa shape index (κ2) is 8.23. The van der Waals surface area contributed by atoms with Gasteiger partial charge in [-0.05, 0) is 63.3 Å². The van der Waals surface area contributed by atoms with Crippen molar-refractivity contribution in [3.63, 3.8) is 0 Å². The molecule has 4 rings (SSSR count). The predicted molar refractivity (Wildman–Crippen MR) is 119 cm³/mol. The highest BCUT2D eigenvalue weighted by Gasteiger charge is 2.38. The van der Waals surface area contributed by atoms with E-state index in [0.717, 1.165) is 4.57 Å². The second-order valence-electron chi connectivity index (χ2n) is 8.69. The van der Waals surface area contributed by atoms with Crippen molar-refractivity contribution in [3.8, 4) is 5.95 Å². The Balaban J connectivity index is 1.96. The highest BCUT2D eigenvalue weighted by molar-refractivity contribution is 5.83. The van der Waals surface area contributed by atoms with Gasteiger partial charge in [0.05, 0.1) is 29.2 Å². The minimum Gasteiger partial charge on any atom is -0.393 e. The van der Waals surface area contributed by atoms with Crippen LogP contribution in [0.2, 0.25) is 0 Å². The molecular formula is C23H28N4O5. The molecule has 0 unspecified atom stereocenters. The standard InChI is InChI=1S/C23H28N4O5/c1-11-10-12(2)25-22(24-11)27-21(31)18-13(3)14(8-9-15(18)26(4)23(27)32)20(30)19-16(28)6-5-7-17(19)29/h8-10,16-17,19-20,28-30H,5-7H2,1-4H3/t16-,17-,20+/m1/s1. The summed E-state index contributed by atoms with van der Waals surface area (Å²) in [5, 5.41) is 32.1. The lowest BCUT2D eigenvalue weighted by molar-refractivity contribution is -0.0832. The third-order valence-electron chi connectivity index (χ3n) is 6.48. The monoisotopic (exact) mass is 440 g/mol. The minimum absolute atomic E-state index is 0.00141. The van der Waals surface area contributed by atoms with Crippen molar-refractivity contribution >= 4 is 10.9 Å². The Morgan fingerprint density at radius 1 is 1.03 bits per heavy atom. The third kappa shape index (κ3) is 3.56. The number of aromatic nitrogens is 4. The predicted octanol–water partition coefficient (Wildman–Crippen LogP) is 0.960. The summed E-state index contributed by atoms with van der Waals surface area (Å²) in [7, 11) is 1.56. The lowest BCUT2D eigenvalue weighted by Gasteiger charge is -2.36. The molecule has 2 heterocycles. The number of nitrogens with zero attached hydrogens (tertiary/aromatic N) is 4. The number of hydrogen-bond donors (Lipinski definition) is 3. The van der Waals surface area contributed by atoms with Gasteiger partial charge in [0.15, 0.2) is 0 Å². The SMILES string of the molecule is Cc1cc(C)nc(-n2c(=O)c3c(C)c([C@H](O)C4[C@H](O)CCC[C@H]4O)ccc3n(C)c2=O)n1. The largest absolute Gasteiger partial charge is 0.393 e. The van der Waals surface area contributed by atoms with Crippen molar-refractivity contribution in [1.29, 1.82) is 0 Å². The maximum atomic E-state index is 13.5. The molecule has 1 aromatic carbocycles. The van der Waals surface area contributed by atoms with Crippen molar-refractivity contribution in [2.45, 2.75) is 58.3 Å². The average molecular weight is 441 g/mol. The molecule has 0 spiro atoms. The molecule has 0 radical (unpaired) electrons. The molecular weight excluding hydrogens is 412 g/mol. The Morgan fingerprint density at radius 3 is 2.22 bits per heavy atom. The maximum absolute atomic E-state index is 13.5. The van der Waals surface area contributed by atoms with Gasteiger partial charge >= 0.3 is 5.69 Å². The number of benzene rings is 1. The first kappa shape index (κ1) is 22.3. The molecule has 32 heavy (non-hydrogen) atoms. The third-order valence-corrected chi connectivity index (χ3v) is 6.48. The van der Waals surface area contributed by atoms with E-state index in [-0.39, 0.29) is 11.3 Å². The van der Waals surface area contributed by atoms with E-state index in [1.165, 1.54) is 4.57 Å². The Labute approximate surface area is 184 Å². The van der Waals surface area contributed by atoms with Crippen molar-refractivity contribution in [2.24, 2.45) is 13.0 Å². The van der Waals surface area contributed by atoms with Crippen molar-refractivity contribution < 1.29 is 15.3 Å². The summed E-state index contributed by atoms with van der Waals surface area (Å²) in [6.45, 7) is 5.21. The fraction of sp³-hybridized carbons (Fsp3) is 0.478. The molecule has 3 aromatic rings. The fourth-order valence-corrected chi connectivity index (χ4v) is 4.82. The van der Waals surface area contributed by atoms with E-state index in [2.05, 4.69) is 9.97 Å². The highest BCUT2D eigenvalue weighted by atomic mass is 16.3. The van der Waals surface area contributed by atoms with Crippen LogP contribution in [0.5, 0.6) is 0 Å². The summed E-state index contributed by atoms with van der Waals surface area (Å²) in [6.07, 6.45) is -1.17. The zero-order chi connectivity index (χ0) is 23.3. The van der Waals surface area contributed by atoms with E-state index in [1.807, 2.05) is 0 Å². The first-order chi connectivity index (χ1) is 15.1. The zero-order valence-corrected chi connectivity index (χ0v) is 18.6. The molecule has 9 heteroatoms. The normalized spacial score (nSPS) is 20.6. The number of fused-ring (bicyclic) bond motifs is 1. The van der Waals surface area contributed by atoms with Crippen LogP contribution < -0.4 is 11.2 Å². The molecule has 3 atom stereocenters. The van der Waals surface area contributed by atoms with E-state index >= 15 is 0 Å². The first-order valence-corrected chi connectivity index (χ1v) is 10.7. The van der Waals surface area contributed by atoms with Gasteiger partial charge in [-0.1, -0.05) is 6.07 Å². The van der Waals surface area contributed by atoms with Gasteiger partial charge in [0, 0.05) is 24.4 Å². The Morgan fingerprint density at radius 2 is 1.62 bits per heavy atom. The van der Waals surface area contributed by atoms with Crippen molar-refractivity contribution in [2.75, 3.05) is 0 Å². The summed E-state index contributed by atoms with van der Waals surface area (Å²) in [5.74, 6) is -0.754. The molecule has 0 saturated heterocycles. The average Bonchev–Trinajstić information content (AvgIpc) is 2.71. The summed E-state index contributed by atoms with van der Waals surface area (Å²) in [4.78, 5) is 35.1. The smallest absolute Gasteiger partial charge is 0.338 e. The first-order valence-electron chi connectivity index (χ1n) is 10.7. The Hall–Kier alpha value is -2.88. The second-order valence-corrected chi connectivity index (χ2v) is 8.69. The number of aliphatic hydroxyl groups is 3. The molecule has 1 aliphatic carbocycles. The van der Waals surface area contributed by atoms with Gasteiger partial charge in [-0.25, -0.2) is 14.8 Å². The van der Waals surface area contributed by atoms with E-state index in [0.29, 0.717) is 47.3 Å². The molecule has 1 fully saturated rings. The van der Waals surface area contributed by atoms with Crippen LogP contribution in [0.3, 0.4) is 0 Å². The van der Waals surface area contributed by atoms with Gasteiger partial charge in [-0.3, -0.25) is 9.36 Å². The lowest BCUT2D eigenvalue weighted by Crippen LogP contribution is -2.41. The van der Waals surface area contributed by atoms with Crippen LogP contribution in [0.1, 0.15) is 47.9 Å². The maximum Gasteiger partial charge on any atom is 0.338 e. The van der Waals surface area contributed by atoms with Gasteiger partial charge in [0.2, 0.25) is 5.95 Å². The van der Waals surface area contributed by atoms with Crippen LogP contribution in [0.25, 0.3) is 16.9 Å². The van der Waals surface area contributed by atoms with Crippen LogP contribution in [-0.2, 0) is 7.05 Å². The molecule has 1 saturated carbocycles. The van der Waals surface area contributed by atoms with Gasteiger partial charge in [0.1, 0.15) is 0 Å². The lowest BCUT2D eigenvalue weighted by atomic mass is 9.77. The molecule has 0 aliphatic heterocycles. The van der Waals surface area contributed by atoms with Crippen LogP contribution in [0.15, 0.2) is 27.8 Å². The Bertz CT molecular complexity index is 1280. The number of hydrogen-bond acceptors (Lipinski definition) is 7. The molecule has 1 aliphatic rings. The molecule has 9 nitrogen and oxygen atoms in total. The number of aliphatic hydroxyl groups excluding tert-OH is 3. The van der Waals surface area contributed by atoms with E-state index in [1.54, 1.807) is 46.0 Å². The number of aryl methyl sites for hydroxylation is 4. The molecule has 0 amide bonds. The zero-order valence-electron chi connectivity index (χ0n) is 18.6. The van der Waals surface area contributed by atoms with Gasteiger partial charge in [0.25, 0.3) is 5.56 Å². The van der Waals surface area contributed by atoms with Crippen LogP contribution in [0, 0.1) is 26.7 Å². The quantitative estimate of drug-likeness (QED) is 0.553. The van der Waals surface area contributed by atoms with E-state index in [4.69, 9.17) is 0 Å². The summed E-state index contributed by atoms with van der Waals surface area (Å²) < 4.78 is 2.29. The van der Waals surface area contributed by atoms with Gasteiger partial charge in [-0.15, -0.1) is 0 Å². The highest BCUT2D eigenvalue weighted by Crippen LogP contribution is 2.37. The molecule has 0 bridgehead atoms. The molecule has 2 aromatic heterocycles. The van der Waals surface area contributed by atoms with Crippen LogP contribution in [0.4, 0.5) is 0 Å². The summed E-state index contributed by atoms with van der Waals surface area (Å²) in [5.41, 5.74) is 1.44. The van der Waals surface area contributed by atoms with Gasteiger partial charge < -0.3 is 15.3 Å². The topological polar surface area (TPSA) is 130 Å². The number of rotatable bonds is 3.